The zero-order valence-electron chi connectivity index (χ0n) is 15.3. The van der Waals surface area contributed by atoms with E-state index in [1.54, 1.807) is 17.3 Å². The maximum absolute atomic E-state index is 12.1. The molecule has 0 bridgehead atoms. The van der Waals surface area contributed by atoms with Gasteiger partial charge in [-0.3, -0.25) is 4.98 Å². The molecule has 1 aliphatic carbocycles. The molecule has 1 aromatic heterocycles. The van der Waals surface area contributed by atoms with Crippen LogP contribution in [0.15, 0.2) is 24.5 Å². The van der Waals surface area contributed by atoms with Crippen LogP contribution in [0.4, 0.5) is 4.79 Å². The Bertz CT molecular complexity index is 559. The summed E-state index contributed by atoms with van der Waals surface area (Å²) in [6, 6.07) is 3.75. The van der Waals surface area contributed by atoms with Crippen LogP contribution in [0.5, 0.6) is 5.75 Å². The number of carbonyl (C=O) groups excluding carboxylic acids is 1. The van der Waals surface area contributed by atoms with Crippen molar-refractivity contribution in [2.45, 2.75) is 70.4 Å². The summed E-state index contributed by atoms with van der Waals surface area (Å²) in [4.78, 5) is 17.8. The van der Waals surface area contributed by atoms with Gasteiger partial charge in [0.25, 0.3) is 0 Å². The van der Waals surface area contributed by atoms with Crippen LogP contribution in [0.2, 0.25) is 0 Å². The molecule has 0 radical (unpaired) electrons. The third-order valence-corrected chi connectivity index (χ3v) is 4.48. The first-order chi connectivity index (χ1) is 11.9. The van der Waals surface area contributed by atoms with Gasteiger partial charge in [-0.15, -0.1) is 0 Å². The Balaban J connectivity index is 1.33. The Morgan fingerprint density at radius 1 is 1.08 bits per heavy atom. The van der Waals surface area contributed by atoms with Crippen molar-refractivity contribution >= 4 is 6.09 Å². The lowest BCUT2D eigenvalue weighted by Crippen LogP contribution is -2.46. The predicted molar refractivity (Wildman–Crippen MR) is 93.6 cm³/mol. The van der Waals surface area contributed by atoms with Gasteiger partial charge in [-0.2, -0.15) is 0 Å². The molecule has 0 spiro atoms. The van der Waals surface area contributed by atoms with E-state index in [4.69, 9.17) is 14.2 Å². The van der Waals surface area contributed by atoms with E-state index in [9.17, 15) is 4.79 Å². The molecule has 25 heavy (non-hydrogen) atoms. The minimum atomic E-state index is -0.444. The number of amides is 1. The first-order valence-corrected chi connectivity index (χ1v) is 9.09. The van der Waals surface area contributed by atoms with E-state index in [2.05, 4.69) is 4.98 Å². The zero-order valence-corrected chi connectivity index (χ0v) is 15.3. The highest BCUT2D eigenvalue weighted by atomic mass is 16.6. The van der Waals surface area contributed by atoms with Gasteiger partial charge < -0.3 is 19.1 Å². The Kier molecular flexibility index (Phi) is 5.47. The van der Waals surface area contributed by atoms with E-state index in [1.165, 1.54) is 0 Å². The fraction of sp³-hybridized carbons (Fsp3) is 0.684. The SMILES string of the molecule is CC(C)(C)OC(=O)N1CCC(O[C@H]2C[C@@H](Oc3ccncc3)C2)CC1. The predicted octanol–water partition coefficient (Wildman–Crippen LogP) is 3.41. The highest BCUT2D eigenvalue weighted by Crippen LogP contribution is 2.30. The number of hydrogen-bond donors (Lipinski definition) is 0. The van der Waals surface area contributed by atoms with Crippen molar-refractivity contribution in [3.05, 3.63) is 24.5 Å². The Morgan fingerprint density at radius 2 is 1.72 bits per heavy atom. The number of piperidine rings is 1. The van der Waals surface area contributed by atoms with Gasteiger partial charge in [-0.1, -0.05) is 0 Å². The number of carbonyl (C=O) groups is 1. The van der Waals surface area contributed by atoms with E-state index >= 15 is 0 Å². The van der Waals surface area contributed by atoms with Crippen molar-refractivity contribution in [2.75, 3.05) is 13.1 Å². The van der Waals surface area contributed by atoms with E-state index in [1.807, 2.05) is 32.9 Å². The molecule has 1 saturated heterocycles. The van der Waals surface area contributed by atoms with Gasteiger partial charge in [0, 0.05) is 38.3 Å². The molecule has 3 rings (SSSR count). The van der Waals surface area contributed by atoms with Gasteiger partial charge in [0.2, 0.25) is 0 Å². The van der Waals surface area contributed by atoms with E-state index in [-0.39, 0.29) is 24.4 Å². The number of ether oxygens (including phenoxy) is 3. The fourth-order valence-electron chi connectivity index (χ4n) is 3.11. The summed E-state index contributed by atoms with van der Waals surface area (Å²) >= 11 is 0. The van der Waals surface area contributed by atoms with Crippen LogP contribution in [-0.4, -0.2) is 53.0 Å². The summed E-state index contributed by atoms with van der Waals surface area (Å²) in [7, 11) is 0. The maximum atomic E-state index is 12.1. The average Bonchev–Trinajstić information content (AvgIpc) is 2.53. The van der Waals surface area contributed by atoms with E-state index in [0.29, 0.717) is 13.1 Å². The monoisotopic (exact) mass is 348 g/mol. The lowest BCUT2D eigenvalue weighted by atomic mass is 9.91. The van der Waals surface area contributed by atoms with Crippen LogP contribution in [-0.2, 0) is 9.47 Å². The van der Waals surface area contributed by atoms with Crippen molar-refractivity contribution < 1.29 is 19.0 Å². The van der Waals surface area contributed by atoms with Gasteiger partial charge >= 0.3 is 6.09 Å². The number of aromatic nitrogens is 1. The van der Waals surface area contributed by atoms with Crippen molar-refractivity contribution in [2.24, 2.45) is 0 Å². The molecule has 2 aliphatic rings. The number of nitrogens with zero attached hydrogens (tertiary/aromatic N) is 2. The highest BCUT2D eigenvalue weighted by molar-refractivity contribution is 5.68. The second-order valence-electron chi connectivity index (χ2n) is 7.82. The topological polar surface area (TPSA) is 60.9 Å². The molecule has 6 heteroatoms. The largest absolute Gasteiger partial charge is 0.490 e. The second kappa shape index (κ2) is 7.60. The molecule has 0 atom stereocenters. The summed E-state index contributed by atoms with van der Waals surface area (Å²) in [6.07, 6.45) is 7.56. The summed E-state index contributed by atoms with van der Waals surface area (Å²) in [5.41, 5.74) is -0.444. The van der Waals surface area contributed by atoms with Gasteiger partial charge in [0.05, 0.1) is 12.2 Å². The first-order valence-electron chi connectivity index (χ1n) is 9.09. The molecule has 1 aliphatic heterocycles. The molecular formula is C19H28N2O4. The summed E-state index contributed by atoms with van der Waals surface area (Å²) in [5.74, 6) is 0.865. The normalized spacial score (nSPS) is 24.5. The number of pyridine rings is 1. The molecule has 138 valence electrons. The number of hydrogen-bond acceptors (Lipinski definition) is 5. The molecule has 2 heterocycles. The van der Waals surface area contributed by atoms with Crippen molar-refractivity contribution in [1.29, 1.82) is 0 Å². The Hall–Kier alpha value is -1.82. The maximum Gasteiger partial charge on any atom is 0.410 e. The fourth-order valence-corrected chi connectivity index (χ4v) is 3.11. The van der Waals surface area contributed by atoms with E-state index < -0.39 is 5.60 Å². The second-order valence-corrected chi connectivity index (χ2v) is 7.82. The van der Waals surface area contributed by atoms with Gasteiger partial charge in [0.1, 0.15) is 17.5 Å². The first kappa shape index (κ1) is 18.0. The lowest BCUT2D eigenvalue weighted by molar-refractivity contribution is -0.109. The molecule has 6 nitrogen and oxygen atoms in total. The molecule has 0 unspecified atom stereocenters. The van der Waals surface area contributed by atoms with Gasteiger partial charge in [-0.05, 0) is 45.7 Å². The molecule has 0 N–H and O–H groups in total. The molecule has 2 fully saturated rings. The Labute approximate surface area is 149 Å². The summed E-state index contributed by atoms with van der Waals surface area (Å²) in [6.45, 7) is 7.07. The molecule has 1 aromatic rings. The number of likely N-dealkylation sites (tertiary alicyclic amines) is 1. The molecule has 1 saturated carbocycles. The minimum Gasteiger partial charge on any atom is -0.490 e. The van der Waals surface area contributed by atoms with Crippen LogP contribution in [0, 0.1) is 0 Å². The van der Waals surface area contributed by atoms with Gasteiger partial charge in [0.15, 0.2) is 0 Å². The third kappa shape index (κ3) is 5.33. The van der Waals surface area contributed by atoms with Crippen LogP contribution < -0.4 is 4.74 Å². The molecule has 0 aromatic carbocycles. The minimum absolute atomic E-state index is 0.222. The van der Waals surface area contributed by atoms with Crippen LogP contribution in [0.1, 0.15) is 46.5 Å². The summed E-state index contributed by atoms with van der Waals surface area (Å²) in [5, 5.41) is 0. The van der Waals surface area contributed by atoms with Crippen LogP contribution in [0.3, 0.4) is 0 Å². The Morgan fingerprint density at radius 3 is 2.32 bits per heavy atom. The van der Waals surface area contributed by atoms with Gasteiger partial charge in [-0.25, -0.2) is 4.79 Å². The number of rotatable bonds is 4. The van der Waals surface area contributed by atoms with Crippen LogP contribution in [0.25, 0.3) is 0 Å². The third-order valence-electron chi connectivity index (χ3n) is 4.48. The standard InChI is InChI=1S/C19H28N2O4/c1-19(2,3)25-18(22)21-10-6-15(7-11-21)24-17-12-16(13-17)23-14-4-8-20-9-5-14/h4-5,8-9,15-17H,6-7,10-13H2,1-3H3/t16-,17+. The zero-order chi connectivity index (χ0) is 17.9. The molecule has 1 amide bonds. The smallest absolute Gasteiger partial charge is 0.410 e. The van der Waals surface area contributed by atoms with Crippen molar-refractivity contribution in [3.8, 4) is 5.75 Å². The van der Waals surface area contributed by atoms with Crippen molar-refractivity contribution in [1.82, 2.24) is 9.88 Å². The van der Waals surface area contributed by atoms with Crippen LogP contribution >= 0.6 is 0 Å². The highest BCUT2D eigenvalue weighted by Gasteiger charge is 2.35. The quantitative estimate of drug-likeness (QED) is 0.834. The molecular weight excluding hydrogens is 320 g/mol. The average molecular weight is 348 g/mol. The lowest BCUT2D eigenvalue weighted by Gasteiger charge is -2.40. The van der Waals surface area contributed by atoms with E-state index in [0.717, 1.165) is 31.4 Å². The summed E-state index contributed by atoms with van der Waals surface area (Å²) < 4.78 is 17.4. The van der Waals surface area contributed by atoms with Crippen molar-refractivity contribution in [3.63, 3.8) is 0 Å².